The number of carbonyl (C=O) groups is 1. The van der Waals surface area contributed by atoms with E-state index in [2.05, 4.69) is 20.6 Å². The van der Waals surface area contributed by atoms with Gasteiger partial charge >= 0.3 is 5.97 Å². The number of hydrogen-bond donors (Lipinski definition) is 3. The number of carboxylic acid groups (broad SMARTS) is 1. The summed E-state index contributed by atoms with van der Waals surface area (Å²) in [5, 5.41) is 15.5. The standard InChI is InChI=1S/C15H16N4O3S2/c1-9-7-12(19-15(16-9)24-8-13(20)21)18-14(23)17-10-3-5-11(22-2)6-4-10/h3-7H,8H2,1-2H3,(H,20,21)(H2,16,17,18,19,23). The fourth-order valence-corrected chi connectivity index (χ4v) is 2.60. The Bertz CT molecular complexity index is 738. The molecule has 0 unspecified atom stereocenters. The molecule has 1 heterocycles. The van der Waals surface area contributed by atoms with Crippen molar-refractivity contribution in [2.75, 3.05) is 23.5 Å². The SMILES string of the molecule is COc1ccc(NC(=S)Nc2cc(C)nc(SCC(=O)O)n2)cc1. The molecule has 0 saturated carbocycles. The van der Waals surface area contributed by atoms with Gasteiger partial charge < -0.3 is 20.5 Å². The Balaban J connectivity index is 2.00. The van der Waals surface area contributed by atoms with E-state index >= 15 is 0 Å². The normalized spacial score (nSPS) is 10.1. The number of ether oxygens (including phenoxy) is 1. The third kappa shape index (κ3) is 5.67. The number of benzene rings is 1. The Hall–Kier alpha value is -2.39. The average molecular weight is 364 g/mol. The molecule has 0 bridgehead atoms. The Kier molecular flexibility index (Phi) is 6.33. The van der Waals surface area contributed by atoms with Crippen LogP contribution >= 0.6 is 24.0 Å². The summed E-state index contributed by atoms with van der Waals surface area (Å²) in [4.78, 5) is 19.1. The van der Waals surface area contributed by atoms with Crippen molar-refractivity contribution in [2.45, 2.75) is 12.1 Å². The van der Waals surface area contributed by atoms with Gasteiger partial charge in [-0.15, -0.1) is 0 Å². The minimum atomic E-state index is -0.920. The number of anilines is 2. The number of aliphatic carboxylic acids is 1. The van der Waals surface area contributed by atoms with Crippen LogP contribution in [-0.2, 0) is 4.79 Å². The molecule has 9 heteroatoms. The quantitative estimate of drug-likeness (QED) is 0.406. The zero-order valence-electron chi connectivity index (χ0n) is 13.1. The van der Waals surface area contributed by atoms with Gasteiger partial charge in [-0.3, -0.25) is 4.79 Å². The average Bonchev–Trinajstić information content (AvgIpc) is 2.53. The van der Waals surface area contributed by atoms with Gasteiger partial charge in [0.2, 0.25) is 0 Å². The molecule has 24 heavy (non-hydrogen) atoms. The van der Waals surface area contributed by atoms with Gasteiger partial charge in [-0.05, 0) is 43.4 Å². The highest BCUT2D eigenvalue weighted by Gasteiger charge is 2.07. The van der Waals surface area contributed by atoms with Crippen molar-refractivity contribution in [3.63, 3.8) is 0 Å². The predicted molar refractivity (Wildman–Crippen MR) is 98.0 cm³/mol. The van der Waals surface area contributed by atoms with Gasteiger partial charge in [0.05, 0.1) is 12.9 Å². The van der Waals surface area contributed by atoms with Crippen LogP contribution in [0.25, 0.3) is 0 Å². The summed E-state index contributed by atoms with van der Waals surface area (Å²) in [7, 11) is 1.60. The van der Waals surface area contributed by atoms with Gasteiger partial charge in [0.25, 0.3) is 0 Å². The van der Waals surface area contributed by atoms with Crippen LogP contribution in [0.3, 0.4) is 0 Å². The second kappa shape index (κ2) is 8.46. The van der Waals surface area contributed by atoms with E-state index in [-0.39, 0.29) is 5.75 Å². The van der Waals surface area contributed by atoms with Crippen LogP contribution in [0.4, 0.5) is 11.5 Å². The molecule has 0 aliphatic carbocycles. The Morgan fingerprint density at radius 2 is 2.00 bits per heavy atom. The number of thioether (sulfide) groups is 1. The predicted octanol–water partition coefficient (Wildman–Crippen LogP) is 2.78. The van der Waals surface area contributed by atoms with E-state index in [1.165, 1.54) is 0 Å². The van der Waals surface area contributed by atoms with Crippen LogP contribution in [0.15, 0.2) is 35.5 Å². The van der Waals surface area contributed by atoms with Crippen molar-refractivity contribution in [2.24, 2.45) is 0 Å². The maximum Gasteiger partial charge on any atom is 0.313 e. The van der Waals surface area contributed by atoms with Gasteiger partial charge in [0, 0.05) is 17.4 Å². The number of methoxy groups -OCH3 is 1. The molecule has 1 aromatic carbocycles. The maximum absolute atomic E-state index is 10.6. The van der Waals surface area contributed by atoms with Gasteiger partial charge in [-0.2, -0.15) is 0 Å². The number of aryl methyl sites for hydroxylation is 1. The molecule has 7 nitrogen and oxygen atoms in total. The Morgan fingerprint density at radius 3 is 2.62 bits per heavy atom. The molecule has 0 radical (unpaired) electrons. The summed E-state index contributed by atoms with van der Waals surface area (Å²) in [6, 6.07) is 9.05. The third-order valence-electron chi connectivity index (χ3n) is 2.75. The van der Waals surface area contributed by atoms with Gasteiger partial charge in [0.15, 0.2) is 10.3 Å². The lowest BCUT2D eigenvalue weighted by molar-refractivity contribution is -0.133. The van der Waals surface area contributed by atoms with E-state index in [1.54, 1.807) is 20.1 Å². The molecular weight excluding hydrogens is 348 g/mol. The van der Waals surface area contributed by atoms with E-state index in [0.29, 0.717) is 21.8 Å². The summed E-state index contributed by atoms with van der Waals surface area (Å²) in [6.45, 7) is 1.80. The van der Waals surface area contributed by atoms with Crippen molar-refractivity contribution in [1.29, 1.82) is 0 Å². The van der Waals surface area contributed by atoms with Gasteiger partial charge in [-0.1, -0.05) is 11.8 Å². The van der Waals surface area contributed by atoms with Crippen molar-refractivity contribution in [3.05, 3.63) is 36.0 Å². The van der Waals surface area contributed by atoms with Crippen LogP contribution in [0.2, 0.25) is 0 Å². The molecule has 0 amide bonds. The number of rotatable bonds is 6. The van der Waals surface area contributed by atoms with Crippen LogP contribution < -0.4 is 15.4 Å². The van der Waals surface area contributed by atoms with Crippen LogP contribution in [0.5, 0.6) is 5.75 Å². The monoisotopic (exact) mass is 364 g/mol. The lowest BCUT2D eigenvalue weighted by Crippen LogP contribution is -2.20. The van der Waals surface area contributed by atoms with Gasteiger partial charge in [0.1, 0.15) is 11.6 Å². The number of hydrogen-bond acceptors (Lipinski definition) is 6. The highest BCUT2D eigenvalue weighted by molar-refractivity contribution is 7.99. The Labute approximate surface area is 148 Å². The number of nitrogens with one attached hydrogen (secondary N) is 2. The van der Waals surface area contributed by atoms with Gasteiger partial charge in [-0.25, -0.2) is 9.97 Å². The summed E-state index contributed by atoms with van der Waals surface area (Å²) in [5.74, 6) is 0.237. The molecule has 126 valence electrons. The Morgan fingerprint density at radius 1 is 1.29 bits per heavy atom. The summed E-state index contributed by atoms with van der Waals surface area (Å²) in [6.07, 6.45) is 0. The number of nitrogens with zero attached hydrogens (tertiary/aromatic N) is 2. The fraction of sp³-hybridized carbons (Fsp3) is 0.200. The number of aromatic nitrogens is 2. The first-order chi connectivity index (χ1) is 11.5. The van der Waals surface area contributed by atoms with Crippen LogP contribution in [0.1, 0.15) is 5.69 Å². The molecule has 0 atom stereocenters. The molecular formula is C15H16N4O3S2. The fourth-order valence-electron chi connectivity index (χ4n) is 1.75. The first-order valence-electron chi connectivity index (χ1n) is 6.88. The van der Waals surface area contributed by atoms with Crippen molar-refractivity contribution in [3.8, 4) is 5.75 Å². The minimum Gasteiger partial charge on any atom is -0.497 e. The van der Waals surface area contributed by atoms with Crippen LogP contribution in [0, 0.1) is 6.92 Å². The lowest BCUT2D eigenvalue weighted by atomic mass is 10.3. The highest BCUT2D eigenvalue weighted by Crippen LogP contribution is 2.18. The molecule has 0 aliphatic rings. The first-order valence-corrected chi connectivity index (χ1v) is 8.28. The highest BCUT2D eigenvalue weighted by atomic mass is 32.2. The maximum atomic E-state index is 10.6. The van der Waals surface area contributed by atoms with E-state index in [9.17, 15) is 4.79 Å². The first kappa shape index (κ1) is 18.0. The third-order valence-corrected chi connectivity index (χ3v) is 3.78. The largest absolute Gasteiger partial charge is 0.497 e. The second-order valence-electron chi connectivity index (χ2n) is 4.67. The smallest absolute Gasteiger partial charge is 0.313 e. The summed E-state index contributed by atoms with van der Waals surface area (Å²) < 4.78 is 5.10. The van der Waals surface area contributed by atoms with Crippen molar-refractivity contribution in [1.82, 2.24) is 9.97 Å². The summed E-state index contributed by atoms with van der Waals surface area (Å²) in [5.41, 5.74) is 1.52. The molecule has 0 fully saturated rings. The van der Waals surface area contributed by atoms with E-state index in [0.717, 1.165) is 23.2 Å². The molecule has 0 spiro atoms. The summed E-state index contributed by atoms with van der Waals surface area (Å²) >= 11 is 6.31. The van der Waals surface area contributed by atoms with E-state index < -0.39 is 5.97 Å². The second-order valence-corrected chi connectivity index (χ2v) is 6.02. The van der Waals surface area contributed by atoms with Crippen molar-refractivity contribution >= 4 is 46.6 Å². The molecule has 0 saturated heterocycles. The number of thiocarbonyl (C=S) groups is 1. The lowest BCUT2D eigenvalue weighted by Gasteiger charge is -2.11. The zero-order valence-corrected chi connectivity index (χ0v) is 14.7. The number of carboxylic acids is 1. The molecule has 2 aromatic rings. The molecule has 1 aromatic heterocycles. The zero-order chi connectivity index (χ0) is 17.5. The molecule has 3 N–H and O–H groups in total. The topological polar surface area (TPSA) is 96.4 Å². The molecule has 0 aliphatic heterocycles. The van der Waals surface area contributed by atoms with Crippen LogP contribution in [-0.4, -0.2) is 39.0 Å². The van der Waals surface area contributed by atoms with E-state index in [4.69, 9.17) is 22.1 Å². The molecule has 2 rings (SSSR count). The van der Waals surface area contributed by atoms with Crippen molar-refractivity contribution < 1.29 is 14.6 Å². The minimum absolute atomic E-state index is 0.0998. The van der Waals surface area contributed by atoms with E-state index in [1.807, 2.05) is 24.3 Å².